The third-order valence-electron chi connectivity index (χ3n) is 2.92. The molecule has 1 N–H and O–H groups in total. The highest BCUT2D eigenvalue weighted by atomic mass is 14.9. The molecule has 1 heteroatoms. The van der Waals surface area contributed by atoms with Gasteiger partial charge in [-0.15, -0.1) is 0 Å². The normalized spacial score (nSPS) is 15.1. The van der Waals surface area contributed by atoms with Crippen molar-refractivity contribution < 1.29 is 0 Å². The summed E-state index contributed by atoms with van der Waals surface area (Å²) in [6, 6.07) is 6.83. The third kappa shape index (κ3) is 2.74. The maximum Gasteiger partial charge on any atom is 0.0343 e. The average Bonchev–Trinajstić information content (AvgIpc) is 2.60. The van der Waals surface area contributed by atoms with Gasteiger partial charge in [0, 0.05) is 12.2 Å². The highest BCUT2D eigenvalue weighted by molar-refractivity contribution is 5.50. The second kappa shape index (κ2) is 3.88. The van der Waals surface area contributed by atoms with Crippen molar-refractivity contribution in [2.45, 2.75) is 40.0 Å². The van der Waals surface area contributed by atoms with Crippen molar-refractivity contribution >= 4 is 5.69 Å². The van der Waals surface area contributed by atoms with E-state index in [1.807, 2.05) is 0 Å². The molecule has 0 aliphatic heterocycles. The van der Waals surface area contributed by atoms with E-state index >= 15 is 0 Å². The molecule has 0 aromatic heterocycles. The van der Waals surface area contributed by atoms with Gasteiger partial charge in [0.15, 0.2) is 0 Å². The first-order valence-corrected chi connectivity index (χ1v) is 5.90. The molecule has 0 bridgehead atoms. The van der Waals surface area contributed by atoms with Gasteiger partial charge in [-0.2, -0.15) is 0 Å². The standard InChI is InChI=1S/C14H21N/c1-14(2,3)10-15-13-8-7-11-5-4-6-12(11)9-13/h7-9,15H,4-6,10H2,1-3H3. The van der Waals surface area contributed by atoms with Crippen LogP contribution in [0.3, 0.4) is 0 Å². The summed E-state index contributed by atoms with van der Waals surface area (Å²) < 4.78 is 0. The third-order valence-corrected chi connectivity index (χ3v) is 2.92. The minimum Gasteiger partial charge on any atom is -0.385 e. The van der Waals surface area contributed by atoms with Crippen LogP contribution >= 0.6 is 0 Å². The molecule has 82 valence electrons. The van der Waals surface area contributed by atoms with Crippen molar-refractivity contribution in [1.29, 1.82) is 0 Å². The van der Waals surface area contributed by atoms with Crippen molar-refractivity contribution in [2.75, 3.05) is 11.9 Å². The Balaban J connectivity index is 2.04. The molecule has 0 saturated carbocycles. The summed E-state index contributed by atoms with van der Waals surface area (Å²) in [5.41, 5.74) is 4.73. The molecule has 0 radical (unpaired) electrons. The molecule has 0 saturated heterocycles. The number of rotatable bonds is 2. The number of aryl methyl sites for hydroxylation is 2. The SMILES string of the molecule is CC(C)(C)CNc1ccc2c(c1)CCC2. The molecule has 0 unspecified atom stereocenters. The topological polar surface area (TPSA) is 12.0 Å². The molecule has 0 atom stereocenters. The first-order chi connectivity index (χ1) is 7.04. The van der Waals surface area contributed by atoms with Crippen molar-refractivity contribution in [2.24, 2.45) is 5.41 Å². The summed E-state index contributed by atoms with van der Waals surface area (Å²) in [6.45, 7) is 7.81. The monoisotopic (exact) mass is 203 g/mol. The van der Waals surface area contributed by atoms with Gasteiger partial charge in [0.05, 0.1) is 0 Å². The second-order valence-electron chi connectivity index (χ2n) is 5.75. The minimum absolute atomic E-state index is 0.346. The van der Waals surface area contributed by atoms with Crippen molar-refractivity contribution in [3.8, 4) is 0 Å². The Hall–Kier alpha value is -0.980. The van der Waals surface area contributed by atoms with Gasteiger partial charge in [-0.3, -0.25) is 0 Å². The van der Waals surface area contributed by atoms with Gasteiger partial charge in [-0.1, -0.05) is 26.8 Å². The molecule has 0 spiro atoms. The fourth-order valence-corrected chi connectivity index (χ4v) is 2.05. The lowest BCUT2D eigenvalue weighted by Gasteiger charge is -2.20. The van der Waals surface area contributed by atoms with Crippen molar-refractivity contribution in [3.05, 3.63) is 29.3 Å². The number of fused-ring (bicyclic) bond motifs is 1. The van der Waals surface area contributed by atoms with Gasteiger partial charge in [0.1, 0.15) is 0 Å². The predicted molar refractivity (Wildman–Crippen MR) is 66.4 cm³/mol. The van der Waals surface area contributed by atoms with Gasteiger partial charge in [0.25, 0.3) is 0 Å². The maximum atomic E-state index is 3.51. The first kappa shape index (κ1) is 10.5. The van der Waals surface area contributed by atoms with Crippen LogP contribution in [0.15, 0.2) is 18.2 Å². The van der Waals surface area contributed by atoms with Crippen LogP contribution in [0.1, 0.15) is 38.3 Å². The molecule has 1 aliphatic rings. The quantitative estimate of drug-likeness (QED) is 0.774. The van der Waals surface area contributed by atoms with E-state index in [1.165, 1.54) is 24.9 Å². The van der Waals surface area contributed by atoms with Crippen molar-refractivity contribution in [3.63, 3.8) is 0 Å². The summed E-state index contributed by atoms with van der Waals surface area (Å²) in [5.74, 6) is 0. The Morgan fingerprint density at radius 2 is 1.87 bits per heavy atom. The fourth-order valence-electron chi connectivity index (χ4n) is 2.05. The number of hydrogen-bond donors (Lipinski definition) is 1. The molecule has 0 fully saturated rings. The molecule has 15 heavy (non-hydrogen) atoms. The summed E-state index contributed by atoms with van der Waals surface area (Å²) in [4.78, 5) is 0. The highest BCUT2D eigenvalue weighted by Gasteiger charge is 2.12. The van der Waals surface area contributed by atoms with Crippen molar-refractivity contribution in [1.82, 2.24) is 0 Å². The van der Waals surface area contributed by atoms with Crippen LogP contribution in [0.5, 0.6) is 0 Å². The van der Waals surface area contributed by atoms with E-state index < -0.39 is 0 Å². The van der Waals surface area contributed by atoms with Crippen LogP contribution in [0.2, 0.25) is 0 Å². The molecule has 1 nitrogen and oxygen atoms in total. The lowest BCUT2D eigenvalue weighted by molar-refractivity contribution is 0.443. The summed E-state index contributed by atoms with van der Waals surface area (Å²) in [5, 5.41) is 3.51. The Kier molecular flexibility index (Phi) is 2.72. The van der Waals surface area contributed by atoms with Gasteiger partial charge in [-0.25, -0.2) is 0 Å². The van der Waals surface area contributed by atoms with E-state index in [1.54, 1.807) is 11.1 Å². The highest BCUT2D eigenvalue weighted by Crippen LogP contribution is 2.25. The Bertz CT molecular complexity index is 347. The zero-order chi connectivity index (χ0) is 10.9. The predicted octanol–water partition coefficient (Wildman–Crippen LogP) is 3.63. The summed E-state index contributed by atoms with van der Waals surface area (Å²) >= 11 is 0. The number of hydrogen-bond acceptors (Lipinski definition) is 1. The minimum atomic E-state index is 0.346. The lowest BCUT2D eigenvalue weighted by atomic mass is 9.97. The smallest absolute Gasteiger partial charge is 0.0343 e. The van der Waals surface area contributed by atoms with Gasteiger partial charge >= 0.3 is 0 Å². The maximum absolute atomic E-state index is 3.51. The summed E-state index contributed by atoms with van der Waals surface area (Å²) in [7, 11) is 0. The molecular formula is C14H21N. The van der Waals surface area contributed by atoms with Crippen LogP contribution in [-0.2, 0) is 12.8 Å². The molecule has 1 aromatic carbocycles. The van der Waals surface area contributed by atoms with E-state index in [9.17, 15) is 0 Å². The van der Waals surface area contributed by atoms with Crippen LogP contribution in [0.25, 0.3) is 0 Å². The zero-order valence-corrected chi connectivity index (χ0v) is 10.1. The zero-order valence-electron chi connectivity index (χ0n) is 10.1. The van der Waals surface area contributed by atoms with Crippen LogP contribution in [-0.4, -0.2) is 6.54 Å². The molecular weight excluding hydrogens is 182 g/mol. The number of anilines is 1. The molecule has 1 aliphatic carbocycles. The number of benzene rings is 1. The van der Waals surface area contributed by atoms with Crippen LogP contribution < -0.4 is 5.32 Å². The number of nitrogens with one attached hydrogen (secondary N) is 1. The van der Waals surface area contributed by atoms with E-state index in [2.05, 4.69) is 44.3 Å². The molecule has 1 aromatic rings. The van der Waals surface area contributed by atoms with Gasteiger partial charge in [-0.05, 0) is 47.9 Å². The van der Waals surface area contributed by atoms with Gasteiger partial charge in [0.2, 0.25) is 0 Å². The van der Waals surface area contributed by atoms with E-state index in [4.69, 9.17) is 0 Å². The van der Waals surface area contributed by atoms with E-state index in [0.29, 0.717) is 5.41 Å². The Morgan fingerprint density at radius 3 is 2.60 bits per heavy atom. The first-order valence-electron chi connectivity index (χ1n) is 5.90. The second-order valence-corrected chi connectivity index (χ2v) is 5.75. The lowest BCUT2D eigenvalue weighted by Crippen LogP contribution is -2.19. The molecule has 0 amide bonds. The van der Waals surface area contributed by atoms with Crippen LogP contribution in [0, 0.1) is 5.41 Å². The largest absolute Gasteiger partial charge is 0.385 e. The summed E-state index contributed by atoms with van der Waals surface area (Å²) in [6.07, 6.45) is 3.87. The van der Waals surface area contributed by atoms with E-state index in [0.717, 1.165) is 6.54 Å². The molecule has 0 heterocycles. The molecule has 2 rings (SSSR count). The Morgan fingerprint density at radius 1 is 1.13 bits per heavy atom. The Labute approximate surface area is 92.9 Å². The van der Waals surface area contributed by atoms with Crippen LogP contribution in [0.4, 0.5) is 5.69 Å². The fraction of sp³-hybridized carbons (Fsp3) is 0.571. The average molecular weight is 203 g/mol. The van der Waals surface area contributed by atoms with Gasteiger partial charge < -0.3 is 5.32 Å². The van der Waals surface area contributed by atoms with E-state index in [-0.39, 0.29) is 0 Å².